The van der Waals surface area contributed by atoms with Crippen molar-refractivity contribution >= 4 is 29.1 Å². The van der Waals surface area contributed by atoms with Gasteiger partial charge in [-0.25, -0.2) is 0 Å². The molecular formula is C19H24ClN3S. The lowest BCUT2D eigenvalue weighted by Crippen LogP contribution is -2.45. The summed E-state index contributed by atoms with van der Waals surface area (Å²) in [6, 6.07) is 16.5. The summed E-state index contributed by atoms with van der Waals surface area (Å²) in [4.78, 5) is 7.35. The second-order valence-corrected chi connectivity index (χ2v) is 7.68. The third kappa shape index (κ3) is 5.15. The molecule has 1 N–H and O–H groups in total. The van der Waals surface area contributed by atoms with Crippen LogP contribution in [0.15, 0.2) is 58.3 Å². The molecule has 0 radical (unpaired) electrons. The fourth-order valence-corrected chi connectivity index (χ4v) is 3.86. The lowest BCUT2D eigenvalue weighted by Gasteiger charge is -2.32. The van der Waals surface area contributed by atoms with E-state index in [0.29, 0.717) is 0 Å². The molecule has 1 fully saturated rings. The Morgan fingerprint density at radius 3 is 2.54 bits per heavy atom. The third-order valence-corrected chi connectivity index (χ3v) is 5.57. The van der Waals surface area contributed by atoms with E-state index in [4.69, 9.17) is 11.6 Å². The van der Waals surface area contributed by atoms with Crippen molar-refractivity contribution in [3.8, 4) is 0 Å². The Hall–Kier alpha value is -1.20. The smallest absolute Gasteiger partial charge is 0.0497 e. The molecule has 3 rings (SSSR count). The fraction of sp³-hybridized carbons (Fsp3) is 0.368. The predicted octanol–water partition coefficient (Wildman–Crippen LogP) is 4.15. The Morgan fingerprint density at radius 2 is 1.79 bits per heavy atom. The minimum absolute atomic E-state index is 0.773. The van der Waals surface area contributed by atoms with Crippen molar-refractivity contribution in [2.75, 3.05) is 51.6 Å². The molecule has 0 unspecified atom stereocenters. The SMILES string of the molecule is CN1CCN(CCNc2cc(Cl)ccc2Sc2ccccc2)CC1. The highest BCUT2D eigenvalue weighted by Gasteiger charge is 2.13. The van der Waals surface area contributed by atoms with Crippen molar-refractivity contribution in [3.05, 3.63) is 53.6 Å². The molecule has 1 aliphatic rings. The van der Waals surface area contributed by atoms with E-state index in [2.05, 4.69) is 52.5 Å². The van der Waals surface area contributed by atoms with Crippen molar-refractivity contribution in [1.29, 1.82) is 0 Å². The van der Waals surface area contributed by atoms with Crippen molar-refractivity contribution in [3.63, 3.8) is 0 Å². The molecule has 0 amide bonds. The highest BCUT2D eigenvalue weighted by Crippen LogP contribution is 2.34. The number of piperazine rings is 1. The van der Waals surface area contributed by atoms with Gasteiger partial charge in [-0.15, -0.1) is 0 Å². The number of likely N-dealkylation sites (N-methyl/N-ethyl adjacent to an activating group) is 1. The zero-order valence-electron chi connectivity index (χ0n) is 14.0. The van der Waals surface area contributed by atoms with Gasteiger partial charge in [-0.1, -0.05) is 41.6 Å². The molecule has 0 saturated carbocycles. The number of benzene rings is 2. The van der Waals surface area contributed by atoms with Gasteiger partial charge in [-0.2, -0.15) is 0 Å². The normalized spacial score (nSPS) is 16.2. The highest BCUT2D eigenvalue weighted by molar-refractivity contribution is 7.99. The first kappa shape index (κ1) is 17.6. The van der Waals surface area contributed by atoms with E-state index in [9.17, 15) is 0 Å². The molecule has 0 aromatic heterocycles. The van der Waals surface area contributed by atoms with Crippen LogP contribution in [-0.4, -0.2) is 56.1 Å². The Balaban J connectivity index is 1.59. The van der Waals surface area contributed by atoms with Crippen LogP contribution in [0.4, 0.5) is 5.69 Å². The van der Waals surface area contributed by atoms with Crippen molar-refractivity contribution in [2.24, 2.45) is 0 Å². The summed E-state index contributed by atoms with van der Waals surface area (Å²) in [7, 11) is 2.19. The lowest BCUT2D eigenvalue weighted by molar-refractivity contribution is 0.158. The quantitative estimate of drug-likeness (QED) is 0.832. The minimum atomic E-state index is 0.773. The number of hydrogen-bond acceptors (Lipinski definition) is 4. The molecule has 1 saturated heterocycles. The summed E-state index contributed by atoms with van der Waals surface area (Å²) in [5.41, 5.74) is 1.12. The monoisotopic (exact) mass is 361 g/mol. The number of rotatable bonds is 6. The van der Waals surface area contributed by atoms with E-state index >= 15 is 0 Å². The van der Waals surface area contributed by atoms with Gasteiger partial charge in [0, 0.05) is 59.8 Å². The molecular weight excluding hydrogens is 338 g/mol. The van der Waals surface area contributed by atoms with E-state index < -0.39 is 0 Å². The first-order valence-corrected chi connectivity index (χ1v) is 9.57. The van der Waals surface area contributed by atoms with Crippen LogP contribution in [0.1, 0.15) is 0 Å². The Morgan fingerprint density at radius 1 is 1.04 bits per heavy atom. The van der Waals surface area contributed by atoms with E-state index in [1.807, 2.05) is 18.2 Å². The van der Waals surface area contributed by atoms with E-state index in [0.717, 1.165) is 50.0 Å². The van der Waals surface area contributed by atoms with Crippen molar-refractivity contribution in [2.45, 2.75) is 9.79 Å². The standard InChI is InChI=1S/C19H24ClN3S/c1-22-11-13-23(14-12-22)10-9-21-18-15-16(20)7-8-19(18)24-17-5-3-2-4-6-17/h2-8,15,21H,9-14H2,1H3. The van der Waals surface area contributed by atoms with E-state index in [1.54, 1.807) is 11.8 Å². The summed E-state index contributed by atoms with van der Waals surface area (Å²) >= 11 is 7.97. The molecule has 0 spiro atoms. The van der Waals surface area contributed by atoms with E-state index in [1.165, 1.54) is 9.79 Å². The van der Waals surface area contributed by atoms with Crippen molar-refractivity contribution < 1.29 is 0 Å². The highest BCUT2D eigenvalue weighted by atomic mass is 35.5. The number of nitrogens with zero attached hydrogens (tertiary/aromatic N) is 2. The second kappa shape index (κ2) is 8.77. The predicted molar refractivity (Wildman–Crippen MR) is 104 cm³/mol. The molecule has 24 heavy (non-hydrogen) atoms. The molecule has 1 aliphatic heterocycles. The van der Waals surface area contributed by atoms with Gasteiger partial charge in [0.25, 0.3) is 0 Å². The van der Waals surface area contributed by atoms with Gasteiger partial charge in [0.15, 0.2) is 0 Å². The number of hydrogen-bond donors (Lipinski definition) is 1. The summed E-state index contributed by atoms with van der Waals surface area (Å²) < 4.78 is 0. The molecule has 128 valence electrons. The minimum Gasteiger partial charge on any atom is -0.383 e. The van der Waals surface area contributed by atoms with Crippen LogP contribution in [0.3, 0.4) is 0 Å². The third-order valence-electron chi connectivity index (χ3n) is 4.25. The van der Waals surface area contributed by atoms with Crippen LogP contribution in [0.5, 0.6) is 0 Å². The van der Waals surface area contributed by atoms with Gasteiger partial charge in [0.05, 0.1) is 0 Å². The lowest BCUT2D eigenvalue weighted by atomic mass is 10.3. The Labute approximate surface area is 154 Å². The van der Waals surface area contributed by atoms with E-state index in [-0.39, 0.29) is 0 Å². The average Bonchev–Trinajstić information content (AvgIpc) is 2.60. The van der Waals surface area contributed by atoms with Crippen molar-refractivity contribution in [1.82, 2.24) is 9.80 Å². The maximum absolute atomic E-state index is 6.20. The van der Waals surface area contributed by atoms with Gasteiger partial charge in [0.1, 0.15) is 0 Å². The summed E-state index contributed by atoms with van der Waals surface area (Å²) in [6.07, 6.45) is 0. The maximum atomic E-state index is 6.20. The topological polar surface area (TPSA) is 18.5 Å². The number of nitrogens with one attached hydrogen (secondary N) is 1. The molecule has 0 bridgehead atoms. The van der Waals surface area contributed by atoms with Gasteiger partial charge in [-0.3, -0.25) is 4.90 Å². The molecule has 0 aliphatic carbocycles. The van der Waals surface area contributed by atoms with Crippen LogP contribution < -0.4 is 5.32 Å². The molecule has 0 atom stereocenters. The van der Waals surface area contributed by atoms with Crippen LogP contribution in [0.2, 0.25) is 5.02 Å². The van der Waals surface area contributed by atoms with Gasteiger partial charge in [0.2, 0.25) is 0 Å². The van der Waals surface area contributed by atoms with Gasteiger partial charge < -0.3 is 10.2 Å². The van der Waals surface area contributed by atoms with Crippen LogP contribution >= 0.6 is 23.4 Å². The zero-order valence-corrected chi connectivity index (χ0v) is 15.6. The summed E-state index contributed by atoms with van der Waals surface area (Å²) in [5.74, 6) is 0. The molecule has 2 aromatic carbocycles. The van der Waals surface area contributed by atoms with Gasteiger partial charge in [-0.05, 0) is 37.4 Å². The largest absolute Gasteiger partial charge is 0.383 e. The second-order valence-electron chi connectivity index (χ2n) is 6.13. The Bertz CT molecular complexity index is 642. The molecule has 3 nitrogen and oxygen atoms in total. The first-order chi connectivity index (χ1) is 11.7. The van der Waals surface area contributed by atoms with Crippen LogP contribution in [0.25, 0.3) is 0 Å². The summed E-state index contributed by atoms with van der Waals surface area (Å²) in [5, 5.41) is 4.34. The number of anilines is 1. The molecule has 1 heterocycles. The van der Waals surface area contributed by atoms with Gasteiger partial charge >= 0.3 is 0 Å². The number of halogens is 1. The molecule has 2 aromatic rings. The van der Waals surface area contributed by atoms with Crippen LogP contribution in [0, 0.1) is 0 Å². The maximum Gasteiger partial charge on any atom is 0.0497 e. The first-order valence-electron chi connectivity index (χ1n) is 8.38. The molecule has 5 heteroatoms. The summed E-state index contributed by atoms with van der Waals surface area (Å²) in [6.45, 7) is 6.62. The zero-order chi connectivity index (χ0) is 16.8. The Kier molecular flexibility index (Phi) is 6.44. The fourth-order valence-electron chi connectivity index (χ4n) is 2.77. The average molecular weight is 362 g/mol. The van der Waals surface area contributed by atoms with Crippen LogP contribution in [-0.2, 0) is 0 Å².